The number of phenolic OH excluding ortho intramolecular Hbond substituents is 2. The minimum atomic E-state index is 0.188. The van der Waals surface area contributed by atoms with E-state index in [1.54, 1.807) is 30.4 Å². The molecule has 0 bridgehead atoms. The van der Waals surface area contributed by atoms with Crippen LogP contribution in [0.1, 0.15) is 16.8 Å². The van der Waals surface area contributed by atoms with Gasteiger partial charge >= 0.3 is 0 Å². The molecule has 0 unspecified atom stereocenters. The third kappa shape index (κ3) is 3.34. The summed E-state index contributed by atoms with van der Waals surface area (Å²) in [4.78, 5) is 4.52. The fourth-order valence-corrected chi connectivity index (χ4v) is 2.86. The van der Waals surface area contributed by atoms with Crippen molar-refractivity contribution in [3.63, 3.8) is 0 Å². The number of benzene rings is 2. The number of pyridine rings is 1. The molecule has 0 atom stereocenters. The number of hydrogen-bond acceptors (Lipinski definition) is 3. The number of allylic oxidation sites excluding steroid dienone is 1. The molecule has 3 rings (SSSR count). The van der Waals surface area contributed by atoms with Crippen LogP contribution < -0.4 is 0 Å². The maximum atomic E-state index is 10.4. The monoisotopic (exact) mass is 381 g/mol. The van der Waals surface area contributed by atoms with Gasteiger partial charge in [-0.05, 0) is 48.4 Å². The lowest BCUT2D eigenvalue weighted by molar-refractivity contribution is 0.473. The lowest BCUT2D eigenvalue weighted by Crippen LogP contribution is -1.89. The predicted octanol–water partition coefficient (Wildman–Crippen LogP) is 5.31. The molecule has 0 amide bonds. The Morgan fingerprint density at radius 2 is 1.83 bits per heavy atom. The van der Waals surface area contributed by atoms with Crippen molar-refractivity contribution in [3.05, 3.63) is 76.4 Å². The summed E-state index contributed by atoms with van der Waals surface area (Å²) >= 11 is 3.39. The first-order valence-electron chi connectivity index (χ1n) is 7.47. The number of aromatic hydroxyl groups is 2. The second-order valence-corrected chi connectivity index (χ2v) is 6.33. The highest BCUT2D eigenvalue weighted by molar-refractivity contribution is 9.10. The molecule has 1 aromatic heterocycles. The highest BCUT2D eigenvalue weighted by Gasteiger charge is 2.07. The summed E-state index contributed by atoms with van der Waals surface area (Å²) in [6, 6.07) is 12.9. The maximum Gasteiger partial charge on any atom is 0.145 e. The molecule has 0 spiro atoms. The van der Waals surface area contributed by atoms with E-state index in [2.05, 4.69) is 27.5 Å². The largest absolute Gasteiger partial charge is 0.507 e. The van der Waals surface area contributed by atoms with Crippen LogP contribution in [0.15, 0.2) is 59.6 Å². The van der Waals surface area contributed by atoms with E-state index in [0.29, 0.717) is 23.2 Å². The lowest BCUT2D eigenvalue weighted by Gasteiger charge is -2.06. The summed E-state index contributed by atoms with van der Waals surface area (Å²) in [6.07, 6.45) is 5.94. The van der Waals surface area contributed by atoms with Gasteiger partial charge in [0, 0.05) is 15.4 Å². The number of halogens is 1. The van der Waals surface area contributed by atoms with Crippen LogP contribution in [0.2, 0.25) is 0 Å². The van der Waals surface area contributed by atoms with Crippen molar-refractivity contribution in [2.75, 3.05) is 0 Å². The first-order valence-corrected chi connectivity index (χ1v) is 8.27. The Morgan fingerprint density at radius 3 is 2.62 bits per heavy atom. The van der Waals surface area contributed by atoms with Crippen LogP contribution in [0.25, 0.3) is 23.1 Å². The molecule has 4 heteroatoms. The van der Waals surface area contributed by atoms with Gasteiger partial charge in [0.05, 0.1) is 5.69 Å². The van der Waals surface area contributed by atoms with Gasteiger partial charge in [-0.1, -0.05) is 40.2 Å². The van der Waals surface area contributed by atoms with Crippen LogP contribution in [0.4, 0.5) is 0 Å². The minimum Gasteiger partial charge on any atom is -0.507 e. The predicted molar refractivity (Wildman–Crippen MR) is 102 cm³/mol. The van der Waals surface area contributed by atoms with Gasteiger partial charge in [-0.15, -0.1) is 6.58 Å². The van der Waals surface area contributed by atoms with E-state index in [1.165, 1.54) is 0 Å². The van der Waals surface area contributed by atoms with Crippen molar-refractivity contribution in [1.29, 1.82) is 0 Å². The van der Waals surface area contributed by atoms with Crippen molar-refractivity contribution < 1.29 is 10.2 Å². The van der Waals surface area contributed by atoms with Crippen LogP contribution >= 0.6 is 15.9 Å². The zero-order valence-corrected chi connectivity index (χ0v) is 14.5. The number of aromatic nitrogens is 1. The third-order valence-electron chi connectivity index (χ3n) is 3.73. The fraction of sp³-hybridized carbons (Fsp3) is 0.0500. The molecule has 0 saturated heterocycles. The van der Waals surface area contributed by atoms with E-state index in [9.17, 15) is 10.2 Å². The van der Waals surface area contributed by atoms with Crippen molar-refractivity contribution in [2.24, 2.45) is 0 Å². The second kappa shape index (κ2) is 6.89. The number of fused-ring (bicyclic) bond motifs is 1. The zero-order chi connectivity index (χ0) is 17.1. The van der Waals surface area contributed by atoms with Gasteiger partial charge in [-0.25, -0.2) is 4.98 Å². The van der Waals surface area contributed by atoms with Gasteiger partial charge in [-0.3, -0.25) is 0 Å². The molecule has 0 saturated carbocycles. The molecule has 24 heavy (non-hydrogen) atoms. The van der Waals surface area contributed by atoms with Gasteiger partial charge in [0.15, 0.2) is 0 Å². The van der Waals surface area contributed by atoms with Crippen LogP contribution in [-0.4, -0.2) is 15.2 Å². The first-order chi connectivity index (χ1) is 11.6. The topological polar surface area (TPSA) is 53.4 Å². The van der Waals surface area contributed by atoms with Crippen molar-refractivity contribution in [3.8, 4) is 11.5 Å². The quantitative estimate of drug-likeness (QED) is 0.602. The van der Waals surface area contributed by atoms with Crippen molar-refractivity contribution in [1.82, 2.24) is 4.98 Å². The molecule has 2 aromatic carbocycles. The van der Waals surface area contributed by atoms with Crippen LogP contribution in [0.3, 0.4) is 0 Å². The van der Waals surface area contributed by atoms with Gasteiger partial charge in [0.2, 0.25) is 0 Å². The minimum absolute atomic E-state index is 0.188. The number of nitrogens with zero attached hydrogens (tertiary/aromatic N) is 1. The second-order valence-electron chi connectivity index (χ2n) is 5.41. The molecular weight excluding hydrogens is 366 g/mol. The molecule has 0 aliphatic rings. The standard InChI is InChI=1S/C20H16BrNO2/c1-2-3-14-5-4-13-6-9-17(22-19(13)20(14)24)10-7-15-12-16(21)8-11-18(15)23/h2,4-12,23-24H,1,3H2/b10-7+. The van der Waals surface area contributed by atoms with E-state index in [1.807, 2.05) is 30.3 Å². The maximum absolute atomic E-state index is 10.4. The van der Waals surface area contributed by atoms with Crippen LogP contribution in [0.5, 0.6) is 11.5 Å². The zero-order valence-electron chi connectivity index (χ0n) is 12.9. The highest BCUT2D eigenvalue weighted by atomic mass is 79.9. The molecule has 0 radical (unpaired) electrons. The molecular formula is C20H16BrNO2. The SMILES string of the molecule is C=CCc1ccc2ccc(/C=C/c3cc(Br)ccc3O)nc2c1O. The normalized spacial score (nSPS) is 11.2. The number of phenols is 2. The molecule has 3 aromatic rings. The third-order valence-corrected chi connectivity index (χ3v) is 4.22. The van der Waals surface area contributed by atoms with Gasteiger partial charge in [0.25, 0.3) is 0 Å². The van der Waals surface area contributed by atoms with Crippen molar-refractivity contribution in [2.45, 2.75) is 6.42 Å². The first kappa shape index (κ1) is 16.3. The lowest BCUT2D eigenvalue weighted by atomic mass is 10.1. The van der Waals surface area contributed by atoms with E-state index >= 15 is 0 Å². The summed E-state index contributed by atoms with van der Waals surface area (Å²) in [5.74, 6) is 0.388. The van der Waals surface area contributed by atoms with E-state index < -0.39 is 0 Å². The summed E-state index contributed by atoms with van der Waals surface area (Å²) in [7, 11) is 0. The number of rotatable bonds is 4. The van der Waals surface area contributed by atoms with E-state index in [0.717, 1.165) is 15.4 Å². The Morgan fingerprint density at radius 1 is 1.04 bits per heavy atom. The smallest absolute Gasteiger partial charge is 0.145 e. The van der Waals surface area contributed by atoms with E-state index in [-0.39, 0.29) is 11.5 Å². The summed E-state index contributed by atoms with van der Waals surface area (Å²) in [5, 5.41) is 21.2. The summed E-state index contributed by atoms with van der Waals surface area (Å²) in [5.41, 5.74) is 2.76. The van der Waals surface area contributed by atoms with Crippen molar-refractivity contribution >= 4 is 39.0 Å². The Balaban J connectivity index is 2.01. The van der Waals surface area contributed by atoms with Gasteiger partial charge in [-0.2, -0.15) is 0 Å². The van der Waals surface area contributed by atoms with Crippen LogP contribution in [-0.2, 0) is 6.42 Å². The highest BCUT2D eigenvalue weighted by Crippen LogP contribution is 2.29. The molecule has 1 heterocycles. The summed E-state index contributed by atoms with van der Waals surface area (Å²) in [6.45, 7) is 3.70. The van der Waals surface area contributed by atoms with Gasteiger partial charge < -0.3 is 10.2 Å². The Kier molecular flexibility index (Phi) is 4.67. The van der Waals surface area contributed by atoms with E-state index in [4.69, 9.17) is 0 Å². The average molecular weight is 382 g/mol. The molecule has 0 aliphatic heterocycles. The molecule has 0 aliphatic carbocycles. The van der Waals surface area contributed by atoms with Crippen LogP contribution in [0, 0.1) is 0 Å². The fourth-order valence-electron chi connectivity index (χ4n) is 2.48. The Hall–Kier alpha value is -2.59. The number of hydrogen-bond donors (Lipinski definition) is 2. The molecule has 3 nitrogen and oxygen atoms in total. The molecule has 120 valence electrons. The average Bonchev–Trinajstić information content (AvgIpc) is 2.58. The van der Waals surface area contributed by atoms with Gasteiger partial charge in [0.1, 0.15) is 17.0 Å². The Bertz CT molecular complexity index is 948. The molecule has 2 N–H and O–H groups in total. The summed E-state index contributed by atoms with van der Waals surface area (Å²) < 4.78 is 0.887. The Labute approximate surface area is 148 Å². The molecule has 0 fully saturated rings.